The Morgan fingerprint density at radius 1 is 0.791 bits per heavy atom. The van der Waals surface area contributed by atoms with Gasteiger partial charge in [-0.2, -0.15) is 35.1 Å². The van der Waals surface area contributed by atoms with Crippen molar-refractivity contribution in [3.8, 4) is 5.75 Å². The van der Waals surface area contributed by atoms with Crippen LogP contribution in [0, 0.1) is 13.8 Å². The van der Waals surface area contributed by atoms with Crippen molar-refractivity contribution < 1.29 is 63.7 Å². The molecule has 0 aliphatic carbocycles. The third-order valence-electron chi connectivity index (χ3n) is 6.72. The molecule has 0 saturated carbocycles. The first-order chi connectivity index (χ1) is 19.8. The van der Waals surface area contributed by atoms with Crippen molar-refractivity contribution in [3.63, 3.8) is 0 Å². The SMILES string of the molecule is Cc1cc(C(F)(C(F)(F)F)C(F)(F)F)cc(OC(F)F)c1CC(=O)c1cccc(CC(=O)c2ccc(C(=O)O)cc2)c1C. The lowest BCUT2D eigenvalue weighted by atomic mass is 9.88. The van der Waals surface area contributed by atoms with Crippen LogP contribution in [-0.4, -0.2) is 41.6 Å². The first-order valence-electron chi connectivity index (χ1n) is 12.2. The van der Waals surface area contributed by atoms with Gasteiger partial charge in [-0.15, -0.1) is 0 Å². The number of hydrogen-bond donors (Lipinski definition) is 1. The first kappa shape index (κ1) is 33.1. The fourth-order valence-electron chi connectivity index (χ4n) is 4.41. The van der Waals surface area contributed by atoms with Crippen molar-refractivity contribution in [2.24, 2.45) is 0 Å². The van der Waals surface area contributed by atoms with Crippen LogP contribution in [0.25, 0.3) is 0 Å². The number of alkyl halides is 9. The lowest BCUT2D eigenvalue weighted by Crippen LogP contribution is -2.50. The third kappa shape index (κ3) is 6.83. The standard InChI is InChI=1S/C29H21F9O5/c1-14-10-19(27(32,28(33,34)35)29(36,37)38)12-24(43-26(30)31)21(14)13-23(40)20-5-3-4-18(15(20)2)11-22(39)16-6-8-17(9-7-16)25(41)42/h3-10,12,26H,11,13H2,1-2H3,(H,41,42). The van der Waals surface area contributed by atoms with E-state index in [-0.39, 0.29) is 40.8 Å². The Bertz CT molecular complexity index is 1530. The molecule has 0 aliphatic heterocycles. The van der Waals surface area contributed by atoms with E-state index in [4.69, 9.17) is 5.11 Å². The predicted molar refractivity (Wildman–Crippen MR) is 133 cm³/mol. The van der Waals surface area contributed by atoms with Gasteiger partial charge in [-0.25, -0.2) is 9.18 Å². The highest BCUT2D eigenvalue weighted by Gasteiger charge is 2.73. The number of ether oxygens (including phenoxy) is 1. The predicted octanol–water partition coefficient (Wildman–Crippen LogP) is 7.74. The second-order valence-electron chi connectivity index (χ2n) is 9.47. The van der Waals surface area contributed by atoms with E-state index in [2.05, 4.69) is 4.74 Å². The van der Waals surface area contributed by atoms with E-state index in [1.807, 2.05) is 0 Å². The van der Waals surface area contributed by atoms with E-state index >= 15 is 0 Å². The molecule has 5 nitrogen and oxygen atoms in total. The molecule has 14 heteroatoms. The summed E-state index contributed by atoms with van der Waals surface area (Å²) in [7, 11) is 0. The number of aromatic carboxylic acids is 1. The second kappa shape index (κ2) is 12.1. The van der Waals surface area contributed by atoms with Gasteiger partial charge in [-0.05, 0) is 48.7 Å². The Kier molecular flexibility index (Phi) is 9.32. The van der Waals surface area contributed by atoms with Crippen LogP contribution in [0.2, 0.25) is 0 Å². The Hall–Kier alpha value is -4.36. The maximum Gasteiger partial charge on any atom is 0.435 e. The molecular formula is C29H21F9O5. The summed E-state index contributed by atoms with van der Waals surface area (Å²) in [4.78, 5) is 37.0. The Morgan fingerprint density at radius 2 is 1.35 bits per heavy atom. The van der Waals surface area contributed by atoms with Gasteiger partial charge in [-0.3, -0.25) is 9.59 Å². The van der Waals surface area contributed by atoms with Crippen LogP contribution in [0.5, 0.6) is 5.75 Å². The number of hydrogen-bond acceptors (Lipinski definition) is 4. The Morgan fingerprint density at radius 3 is 1.86 bits per heavy atom. The van der Waals surface area contributed by atoms with Gasteiger partial charge in [0.1, 0.15) is 5.75 Å². The highest BCUT2D eigenvalue weighted by molar-refractivity contribution is 6.01. The van der Waals surface area contributed by atoms with Gasteiger partial charge in [0.25, 0.3) is 0 Å². The zero-order valence-electron chi connectivity index (χ0n) is 22.2. The molecule has 0 bridgehead atoms. The topological polar surface area (TPSA) is 80.7 Å². The maximum atomic E-state index is 14.7. The van der Waals surface area contributed by atoms with Gasteiger partial charge in [0.05, 0.1) is 5.56 Å². The van der Waals surface area contributed by atoms with E-state index in [1.165, 1.54) is 49.4 Å². The number of halogens is 9. The van der Waals surface area contributed by atoms with Crippen molar-refractivity contribution in [2.45, 2.75) is 51.3 Å². The highest BCUT2D eigenvalue weighted by Crippen LogP contribution is 2.54. The molecule has 0 unspecified atom stereocenters. The van der Waals surface area contributed by atoms with E-state index in [9.17, 15) is 53.9 Å². The summed E-state index contributed by atoms with van der Waals surface area (Å²) in [6.45, 7) is -1.37. The molecule has 0 amide bonds. The summed E-state index contributed by atoms with van der Waals surface area (Å²) in [5.74, 6) is -3.70. The number of ketones is 2. The number of carboxylic acid groups (broad SMARTS) is 1. The largest absolute Gasteiger partial charge is 0.478 e. The molecule has 43 heavy (non-hydrogen) atoms. The summed E-state index contributed by atoms with van der Waals surface area (Å²) >= 11 is 0. The molecule has 0 aliphatic rings. The summed E-state index contributed by atoms with van der Waals surface area (Å²) in [6.07, 6.45) is -14.1. The molecule has 230 valence electrons. The Balaban J connectivity index is 1.98. The fraction of sp³-hybridized carbons (Fsp3) is 0.276. The van der Waals surface area contributed by atoms with Gasteiger partial charge in [0, 0.05) is 35.1 Å². The molecule has 0 atom stereocenters. The molecule has 0 aromatic heterocycles. The zero-order valence-corrected chi connectivity index (χ0v) is 22.2. The molecule has 3 rings (SSSR count). The highest BCUT2D eigenvalue weighted by atomic mass is 19.4. The van der Waals surface area contributed by atoms with Crippen molar-refractivity contribution in [2.75, 3.05) is 0 Å². The van der Waals surface area contributed by atoms with Gasteiger partial charge >= 0.3 is 30.6 Å². The van der Waals surface area contributed by atoms with Gasteiger partial charge < -0.3 is 9.84 Å². The van der Waals surface area contributed by atoms with Crippen molar-refractivity contribution in [1.82, 2.24) is 0 Å². The van der Waals surface area contributed by atoms with Crippen LogP contribution < -0.4 is 4.74 Å². The second-order valence-corrected chi connectivity index (χ2v) is 9.47. The summed E-state index contributed by atoms with van der Waals surface area (Å²) in [5.41, 5.74) is -8.31. The van der Waals surface area contributed by atoms with E-state index in [0.717, 1.165) is 6.92 Å². The maximum absolute atomic E-state index is 14.7. The summed E-state index contributed by atoms with van der Waals surface area (Å²) in [5, 5.41) is 9.00. The monoisotopic (exact) mass is 620 g/mol. The average Bonchev–Trinajstić information content (AvgIpc) is 2.89. The quantitative estimate of drug-likeness (QED) is 0.185. The number of benzene rings is 3. The number of carbonyl (C=O) groups is 3. The molecule has 0 spiro atoms. The average molecular weight is 620 g/mol. The molecule has 0 radical (unpaired) electrons. The number of carboxylic acids is 1. The molecular weight excluding hydrogens is 599 g/mol. The molecule has 0 saturated heterocycles. The molecule has 3 aromatic rings. The van der Waals surface area contributed by atoms with Gasteiger partial charge in [0.15, 0.2) is 11.6 Å². The smallest absolute Gasteiger partial charge is 0.435 e. The van der Waals surface area contributed by atoms with E-state index in [0.29, 0.717) is 5.56 Å². The number of Topliss-reactive ketones (excluding diaryl/α,β-unsaturated/α-hetero) is 2. The van der Waals surface area contributed by atoms with Crippen molar-refractivity contribution in [1.29, 1.82) is 0 Å². The number of aryl methyl sites for hydroxylation is 1. The normalized spacial score (nSPS) is 12.4. The van der Waals surface area contributed by atoms with Crippen LogP contribution in [0.1, 0.15) is 58.9 Å². The molecule has 0 heterocycles. The van der Waals surface area contributed by atoms with Crippen molar-refractivity contribution in [3.05, 3.63) is 99.1 Å². The summed E-state index contributed by atoms with van der Waals surface area (Å²) in [6, 6.07) is 9.29. The number of carbonyl (C=O) groups excluding carboxylic acids is 2. The minimum Gasteiger partial charge on any atom is -0.478 e. The van der Waals surface area contributed by atoms with E-state index in [1.54, 1.807) is 0 Å². The number of rotatable bonds is 10. The lowest BCUT2D eigenvalue weighted by Gasteiger charge is -2.31. The lowest BCUT2D eigenvalue weighted by molar-refractivity contribution is -0.348. The van der Waals surface area contributed by atoms with Crippen LogP contribution in [-0.2, 0) is 18.5 Å². The van der Waals surface area contributed by atoms with Gasteiger partial charge in [0.2, 0.25) is 0 Å². The Labute approximate surface area is 237 Å². The van der Waals surface area contributed by atoms with Crippen LogP contribution in [0.3, 0.4) is 0 Å². The van der Waals surface area contributed by atoms with E-state index < -0.39 is 71.0 Å². The van der Waals surface area contributed by atoms with Crippen LogP contribution in [0.4, 0.5) is 39.5 Å². The van der Waals surface area contributed by atoms with Crippen LogP contribution in [0.15, 0.2) is 54.6 Å². The minimum absolute atomic E-state index is 0.0385. The van der Waals surface area contributed by atoms with Gasteiger partial charge in [-0.1, -0.05) is 36.4 Å². The first-order valence-corrected chi connectivity index (χ1v) is 12.2. The minimum atomic E-state index is -6.51. The fourth-order valence-corrected chi connectivity index (χ4v) is 4.41. The van der Waals surface area contributed by atoms with Crippen molar-refractivity contribution >= 4 is 17.5 Å². The molecule has 3 aromatic carbocycles. The zero-order chi connectivity index (χ0) is 32.5. The summed E-state index contributed by atoms with van der Waals surface area (Å²) < 4.78 is 125. The molecule has 0 fully saturated rings. The van der Waals surface area contributed by atoms with Crippen LogP contribution >= 0.6 is 0 Å². The molecule has 1 N–H and O–H groups in total. The third-order valence-corrected chi connectivity index (χ3v) is 6.72.